The van der Waals surface area contributed by atoms with Gasteiger partial charge in [0, 0.05) is 63.4 Å². The van der Waals surface area contributed by atoms with Gasteiger partial charge in [-0.1, -0.05) is 24.3 Å². The molecule has 12 heteroatoms. The Labute approximate surface area is 245 Å². The average Bonchev–Trinajstić information content (AvgIpc) is 3.88. The first-order chi connectivity index (χ1) is 20.1. The van der Waals surface area contributed by atoms with Crippen LogP contribution in [0.2, 0.25) is 0 Å². The Balaban J connectivity index is 1.04. The van der Waals surface area contributed by atoms with Crippen molar-refractivity contribution in [3.63, 3.8) is 0 Å². The summed E-state index contributed by atoms with van der Waals surface area (Å²) >= 11 is 0. The van der Waals surface area contributed by atoms with Gasteiger partial charge >= 0.3 is 0 Å². The van der Waals surface area contributed by atoms with Gasteiger partial charge in [0.2, 0.25) is 10.0 Å². The maximum Gasteiger partial charge on any atom is 0.269 e. The number of benzene rings is 2. The molecule has 3 aliphatic rings. The summed E-state index contributed by atoms with van der Waals surface area (Å²) in [7, 11) is 0.170. The molecule has 2 aliphatic carbocycles. The highest BCUT2D eigenvalue weighted by molar-refractivity contribution is 7.88. The Kier molecular flexibility index (Phi) is 7.44. The molecule has 2 atom stereocenters. The largest absolute Gasteiger partial charge is 0.494 e. The highest BCUT2D eigenvalue weighted by Gasteiger charge is 2.65. The van der Waals surface area contributed by atoms with E-state index in [4.69, 9.17) is 4.74 Å². The number of rotatable bonds is 10. The van der Waals surface area contributed by atoms with Crippen LogP contribution in [0.15, 0.2) is 48.5 Å². The molecule has 2 saturated carbocycles. The highest BCUT2D eigenvalue weighted by Crippen LogP contribution is 2.73. The average molecular weight is 593 g/mol. The van der Waals surface area contributed by atoms with Gasteiger partial charge in [-0.25, -0.2) is 8.42 Å². The maximum absolute atomic E-state index is 12.9. The monoisotopic (exact) mass is 592 g/mol. The van der Waals surface area contributed by atoms with Gasteiger partial charge in [0.05, 0.1) is 24.7 Å². The van der Waals surface area contributed by atoms with Crippen molar-refractivity contribution >= 4 is 27.5 Å². The van der Waals surface area contributed by atoms with Crippen LogP contribution in [-0.4, -0.2) is 78.8 Å². The summed E-state index contributed by atoms with van der Waals surface area (Å²) in [5, 5.41) is 11.0. The molecule has 6 rings (SSSR count). The van der Waals surface area contributed by atoms with Crippen LogP contribution in [0.1, 0.15) is 50.0 Å². The third-order valence-corrected chi connectivity index (χ3v) is 9.87. The van der Waals surface area contributed by atoms with Crippen LogP contribution in [0.4, 0.5) is 5.69 Å². The van der Waals surface area contributed by atoms with E-state index in [2.05, 4.69) is 15.7 Å². The molecule has 3 aromatic rings. The summed E-state index contributed by atoms with van der Waals surface area (Å²) in [6, 6.07) is 15.1. The van der Waals surface area contributed by atoms with Crippen molar-refractivity contribution in [2.45, 2.75) is 25.4 Å². The zero-order valence-corrected chi connectivity index (χ0v) is 24.9. The van der Waals surface area contributed by atoms with E-state index >= 15 is 0 Å². The highest BCUT2D eigenvalue weighted by atomic mass is 32.2. The molecule has 2 unspecified atom stereocenters. The van der Waals surface area contributed by atoms with E-state index in [1.807, 2.05) is 43.4 Å². The van der Waals surface area contributed by atoms with Crippen LogP contribution < -0.4 is 15.4 Å². The molecule has 0 spiro atoms. The number of piperazine rings is 1. The summed E-state index contributed by atoms with van der Waals surface area (Å²) < 4.78 is 32.2. The predicted molar refractivity (Wildman–Crippen MR) is 158 cm³/mol. The van der Waals surface area contributed by atoms with Crippen molar-refractivity contribution in [2.75, 3.05) is 44.9 Å². The third-order valence-electron chi connectivity index (χ3n) is 8.56. The first-order valence-electron chi connectivity index (χ1n) is 14.2. The Morgan fingerprint density at radius 3 is 2.36 bits per heavy atom. The smallest absolute Gasteiger partial charge is 0.269 e. The van der Waals surface area contributed by atoms with Gasteiger partial charge in [0.25, 0.3) is 11.8 Å². The molecule has 0 bridgehead atoms. The molecule has 2 amide bonds. The van der Waals surface area contributed by atoms with Gasteiger partial charge in [-0.2, -0.15) is 9.40 Å². The lowest BCUT2D eigenvalue weighted by Crippen LogP contribution is -2.50. The van der Waals surface area contributed by atoms with Crippen molar-refractivity contribution < 1.29 is 22.7 Å². The number of para-hydroxylation sites is 1. The summed E-state index contributed by atoms with van der Waals surface area (Å²) in [5.41, 5.74) is 4.77. The number of amides is 2. The SMILES string of the molecule is COc1c(CNC(=O)c2cc(C3C4CC43)nn2C)cccc1NCc1ccc(C(=O)N2CCN(S(C)(=O)=O)CC2)cc1. The number of aromatic nitrogens is 2. The Morgan fingerprint density at radius 1 is 1.02 bits per heavy atom. The number of nitrogens with zero attached hydrogens (tertiary/aromatic N) is 4. The quantitative estimate of drug-likeness (QED) is 0.370. The molecule has 0 radical (unpaired) electrons. The topological polar surface area (TPSA) is 126 Å². The number of carbonyl (C=O) groups excluding carboxylic acids is 2. The number of aryl methyl sites for hydroxylation is 1. The molecule has 1 saturated heterocycles. The predicted octanol–water partition coefficient (Wildman–Crippen LogP) is 2.42. The lowest BCUT2D eigenvalue weighted by molar-refractivity contribution is 0.0698. The number of sulfonamides is 1. The van der Waals surface area contributed by atoms with E-state index in [0.717, 1.165) is 34.3 Å². The summed E-state index contributed by atoms with van der Waals surface area (Å²) in [5.74, 6) is 2.49. The summed E-state index contributed by atoms with van der Waals surface area (Å²) in [4.78, 5) is 27.5. The minimum Gasteiger partial charge on any atom is -0.494 e. The zero-order chi connectivity index (χ0) is 29.6. The van der Waals surface area contributed by atoms with Gasteiger partial charge < -0.3 is 20.3 Å². The van der Waals surface area contributed by atoms with E-state index in [1.54, 1.807) is 28.8 Å². The maximum atomic E-state index is 12.9. The van der Waals surface area contributed by atoms with Gasteiger partial charge in [-0.3, -0.25) is 14.3 Å². The fourth-order valence-corrected chi connectivity index (χ4v) is 6.65. The lowest BCUT2D eigenvalue weighted by Gasteiger charge is -2.33. The van der Waals surface area contributed by atoms with Crippen molar-refractivity contribution in [2.24, 2.45) is 18.9 Å². The van der Waals surface area contributed by atoms with E-state index in [1.165, 1.54) is 17.0 Å². The van der Waals surface area contributed by atoms with E-state index < -0.39 is 10.0 Å². The zero-order valence-electron chi connectivity index (χ0n) is 24.0. The Hall–Kier alpha value is -3.90. The number of fused-ring (bicyclic) bond motifs is 1. The minimum atomic E-state index is -3.25. The molecular formula is C30H36N6O5S. The Morgan fingerprint density at radius 2 is 1.74 bits per heavy atom. The minimum absolute atomic E-state index is 0.106. The number of ether oxygens (including phenoxy) is 1. The number of hydrogen-bond acceptors (Lipinski definition) is 7. The molecule has 3 fully saturated rings. The fourth-order valence-electron chi connectivity index (χ4n) is 5.82. The van der Waals surface area contributed by atoms with Crippen molar-refractivity contribution in [3.05, 3.63) is 76.6 Å². The number of hydrogen-bond donors (Lipinski definition) is 2. The van der Waals surface area contributed by atoms with E-state index in [-0.39, 0.29) is 11.8 Å². The summed E-state index contributed by atoms with van der Waals surface area (Å²) in [6.45, 7) is 2.17. The van der Waals surface area contributed by atoms with Crippen LogP contribution in [0.5, 0.6) is 5.75 Å². The number of methoxy groups -OCH3 is 1. The standard InChI is InChI=1S/C30H36N6O5S/c1-34-26(16-25(33-34)27-22-15-23(22)27)29(37)32-18-21-5-4-6-24(28(21)41-2)31-17-19-7-9-20(10-8-19)30(38)35-11-13-36(14-12-35)42(3,39)40/h4-10,16,22-23,27,31H,11-15,17-18H2,1-3H3,(H,32,37). The van der Waals surface area contributed by atoms with Crippen LogP contribution >= 0.6 is 0 Å². The third kappa shape index (κ3) is 5.73. The van der Waals surface area contributed by atoms with Crippen molar-refractivity contribution in [3.8, 4) is 5.75 Å². The van der Waals surface area contributed by atoms with Gasteiger partial charge in [-0.15, -0.1) is 0 Å². The fraction of sp³-hybridized carbons (Fsp3) is 0.433. The second-order valence-electron chi connectivity index (χ2n) is 11.4. The molecule has 11 nitrogen and oxygen atoms in total. The molecule has 2 aromatic carbocycles. The van der Waals surface area contributed by atoms with Gasteiger partial charge in [-0.05, 0) is 48.1 Å². The lowest BCUT2D eigenvalue weighted by atomic mass is 10.1. The van der Waals surface area contributed by atoms with Crippen LogP contribution in [-0.2, 0) is 30.2 Å². The van der Waals surface area contributed by atoms with Crippen molar-refractivity contribution in [1.82, 2.24) is 24.3 Å². The van der Waals surface area contributed by atoms with Gasteiger partial charge in [0.15, 0.2) is 0 Å². The van der Waals surface area contributed by atoms with E-state index in [9.17, 15) is 18.0 Å². The number of anilines is 1. The van der Waals surface area contributed by atoms with Gasteiger partial charge in [0.1, 0.15) is 11.4 Å². The number of carbonyl (C=O) groups is 2. The van der Waals surface area contributed by atoms with E-state index in [0.29, 0.717) is 62.2 Å². The van der Waals surface area contributed by atoms with Crippen molar-refractivity contribution in [1.29, 1.82) is 0 Å². The summed E-state index contributed by atoms with van der Waals surface area (Å²) in [6.07, 6.45) is 2.49. The van der Waals surface area contributed by atoms with Crippen LogP contribution in [0.3, 0.4) is 0 Å². The molecule has 2 N–H and O–H groups in total. The second kappa shape index (κ2) is 11.1. The first kappa shape index (κ1) is 28.2. The van der Waals surface area contributed by atoms with Crippen LogP contribution in [0, 0.1) is 11.8 Å². The molecule has 2 heterocycles. The molecule has 222 valence electrons. The second-order valence-corrected chi connectivity index (χ2v) is 13.3. The number of nitrogens with one attached hydrogen (secondary N) is 2. The van der Waals surface area contributed by atoms with Crippen LogP contribution in [0.25, 0.3) is 0 Å². The Bertz CT molecular complexity index is 1600. The normalized spacial score (nSPS) is 21.4. The molecule has 1 aliphatic heterocycles. The molecule has 1 aromatic heterocycles. The molecule has 42 heavy (non-hydrogen) atoms. The first-order valence-corrected chi connectivity index (χ1v) is 16.0. The molecular weight excluding hydrogens is 556 g/mol.